The number of aromatic nitrogens is 2. The highest BCUT2D eigenvalue weighted by atomic mass is 16.5. The first-order chi connectivity index (χ1) is 13.0. The molecule has 5 heteroatoms. The number of benzene rings is 1. The van der Waals surface area contributed by atoms with Crippen molar-refractivity contribution < 1.29 is 9.53 Å². The van der Waals surface area contributed by atoms with E-state index >= 15 is 0 Å². The molecule has 1 aromatic heterocycles. The summed E-state index contributed by atoms with van der Waals surface area (Å²) in [5, 5.41) is 4.57. The van der Waals surface area contributed by atoms with Crippen molar-refractivity contribution in [2.24, 2.45) is 7.05 Å². The molecule has 1 aliphatic heterocycles. The first-order valence-electron chi connectivity index (χ1n) is 9.56. The van der Waals surface area contributed by atoms with E-state index in [4.69, 9.17) is 0 Å². The van der Waals surface area contributed by atoms with Gasteiger partial charge in [-0.3, -0.25) is 9.58 Å². The van der Waals surface area contributed by atoms with Gasteiger partial charge in [-0.15, -0.1) is 0 Å². The Labute approximate surface area is 161 Å². The average molecular weight is 367 g/mol. The van der Waals surface area contributed by atoms with Crippen LogP contribution in [0.3, 0.4) is 0 Å². The molecule has 0 saturated carbocycles. The lowest BCUT2D eigenvalue weighted by Crippen LogP contribution is -2.31. The molecule has 1 fully saturated rings. The van der Waals surface area contributed by atoms with Crippen LogP contribution >= 0.6 is 0 Å². The maximum absolute atomic E-state index is 11.2. The van der Waals surface area contributed by atoms with E-state index in [-0.39, 0.29) is 5.97 Å². The number of nitrogens with zero attached hydrogens (tertiary/aromatic N) is 3. The van der Waals surface area contributed by atoms with Gasteiger partial charge in [0.25, 0.3) is 0 Å². The summed E-state index contributed by atoms with van der Waals surface area (Å²) in [4.78, 5) is 13.8. The van der Waals surface area contributed by atoms with E-state index in [2.05, 4.69) is 52.8 Å². The summed E-state index contributed by atoms with van der Waals surface area (Å²) >= 11 is 0. The first kappa shape index (κ1) is 19.4. The second kappa shape index (κ2) is 8.53. The summed E-state index contributed by atoms with van der Waals surface area (Å²) in [7, 11) is 3.41. The van der Waals surface area contributed by atoms with Crippen molar-refractivity contribution in [2.75, 3.05) is 13.7 Å². The van der Waals surface area contributed by atoms with Gasteiger partial charge < -0.3 is 4.74 Å². The standard InChI is InChI=1S/C22H29N3O2/c1-16-21(17(2)24(3)23-16)14-20-6-5-13-25(20)15-19-9-7-18(8-10-19)11-12-22(26)27-4/h7-12,20H,5-6,13-15H2,1-4H3/t20-/m1/s1. The number of aryl methyl sites for hydroxylation is 2. The van der Waals surface area contributed by atoms with Crippen LogP contribution in [0.5, 0.6) is 0 Å². The second-order valence-electron chi connectivity index (χ2n) is 7.34. The summed E-state index contributed by atoms with van der Waals surface area (Å²) in [6.45, 7) is 6.38. The normalized spacial score (nSPS) is 17.7. The van der Waals surface area contributed by atoms with Gasteiger partial charge in [-0.2, -0.15) is 5.10 Å². The van der Waals surface area contributed by atoms with Gasteiger partial charge in [-0.1, -0.05) is 24.3 Å². The van der Waals surface area contributed by atoms with Gasteiger partial charge in [0.1, 0.15) is 0 Å². The lowest BCUT2D eigenvalue weighted by Gasteiger charge is -2.25. The van der Waals surface area contributed by atoms with Crippen molar-refractivity contribution in [2.45, 2.75) is 45.7 Å². The van der Waals surface area contributed by atoms with Crippen molar-refractivity contribution in [3.8, 4) is 0 Å². The number of ether oxygens (including phenoxy) is 1. The summed E-state index contributed by atoms with van der Waals surface area (Å²) in [6, 6.07) is 8.97. The van der Waals surface area contributed by atoms with Crippen LogP contribution in [0.4, 0.5) is 0 Å². The van der Waals surface area contributed by atoms with Crippen LogP contribution in [0, 0.1) is 13.8 Å². The number of likely N-dealkylation sites (tertiary alicyclic amines) is 1. The zero-order valence-corrected chi connectivity index (χ0v) is 16.7. The third-order valence-corrected chi connectivity index (χ3v) is 5.58. The highest BCUT2D eigenvalue weighted by Crippen LogP contribution is 2.26. The summed E-state index contributed by atoms with van der Waals surface area (Å²) in [5.74, 6) is -0.333. The number of carbonyl (C=O) groups is 1. The summed E-state index contributed by atoms with van der Waals surface area (Å²) in [6.07, 6.45) is 6.80. The van der Waals surface area contributed by atoms with Crippen molar-refractivity contribution in [3.05, 3.63) is 58.4 Å². The van der Waals surface area contributed by atoms with E-state index in [0.29, 0.717) is 6.04 Å². The van der Waals surface area contributed by atoms with Gasteiger partial charge >= 0.3 is 5.97 Å². The molecular weight excluding hydrogens is 338 g/mol. The van der Waals surface area contributed by atoms with Gasteiger partial charge in [0.05, 0.1) is 12.8 Å². The van der Waals surface area contributed by atoms with Gasteiger partial charge in [0.15, 0.2) is 0 Å². The predicted molar refractivity (Wildman–Crippen MR) is 107 cm³/mol. The molecule has 144 valence electrons. The minimum Gasteiger partial charge on any atom is -0.466 e. The fraction of sp³-hybridized carbons (Fsp3) is 0.455. The minimum atomic E-state index is -0.333. The predicted octanol–water partition coefficient (Wildman–Crippen LogP) is 3.43. The molecule has 1 aromatic carbocycles. The third kappa shape index (κ3) is 4.66. The molecule has 0 N–H and O–H groups in total. The van der Waals surface area contributed by atoms with Gasteiger partial charge in [0.2, 0.25) is 0 Å². The Hall–Kier alpha value is -2.40. The van der Waals surface area contributed by atoms with E-state index in [1.54, 1.807) is 6.08 Å². The molecule has 2 aromatic rings. The molecule has 2 heterocycles. The second-order valence-corrected chi connectivity index (χ2v) is 7.34. The van der Waals surface area contributed by atoms with E-state index in [1.165, 1.54) is 42.8 Å². The van der Waals surface area contributed by atoms with Crippen molar-refractivity contribution in [1.29, 1.82) is 0 Å². The SMILES string of the molecule is COC(=O)C=Cc1ccc(CN2CCC[C@@H]2Cc2c(C)nn(C)c2C)cc1. The first-order valence-corrected chi connectivity index (χ1v) is 9.56. The maximum atomic E-state index is 11.2. The van der Waals surface area contributed by atoms with Crippen molar-refractivity contribution in [1.82, 2.24) is 14.7 Å². The zero-order valence-electron chi connectivity index (χ0n) is 16.7. The largest absolute Gasteiger partial charge is 0.466 e. The van der Waals surface area contributed by atoms with Crippen LogP contribution in [-0.2, 0) is 29.5 Å². The Morgan fingerprint density at radius 1 is 1.30 bits per heavy atom. The molecule has 27 heavy (non-hydrogen) atoms. The fourth-order valence-corrected chi connectivity index (χ4v) is 3.88. The minimum absolute atomic E-state index is 0.333. The maximum Gasteiger partial charge on any atom is 0.330 e. The molecule has 0 radical (unpaired) electrons. The smallest absolute Gasteiger partial charge is 0.330 e. The highest BCUT2D eigenvalue weighted by molar-refractivity contribution is 5.86. The number of methoxy groups -OCH3 is 1. The number of rotatable bonds is 6. The third-order valence-electron chi connectivity index (χ3n) is 5.58. The molecule has 1 saturated heterocycles. The Kier molecular flexibility index (Phi) is 6.11. The Bertz CT molecular complexity index is 821. The summed E-state index contributed by atoms with van der Waals surface area (Å²) in [5.41, 5.74) is 6.14. The van der Waals surface area contributed by atoms with Gasteiger partial charge in [-0.25, -0.2) is 4.79 Å². The molecule has 1 aliphatic rings. The van der Waals surface area contributed by atoms with Crippen molar-refractivity contribution in [3.63, 3.8) is 0 Å². The van der Waals surface area contributed by atoms with E-state index in [1.807, 2.05) is 11.7 Å². The summed E-state index contributed by atoms with van der Waals surface area (Å²) < 4.78 is 6.62. The lowest BCUT2D eigenvalue weighted by molar-refractivity contribution is -0.134. The van der Waals surface area contributed by atoms with Crippen LogP contribution in [0.15, 0.2) is 30.3 Å². The Morgan fingerprint density at radius 2 is 2.04 bits per heavy atom. The molecular formula is C22H29N3O2. The van der Waals surface area contributed by atoms with Crippen LogP contribution in [0.1, 0.15) is 40.9 Å². The van der Waals surface area contributed by atoms with Crippen LogP contribution in [-0.4, -0.2) is 40.3 Å². The van der Waals surface area contributed by atoms with Crippen LogP contribution in [0.25, 0.3) is 6.08 Å². The average Bonchev–Trinajstić information content (AvgIpc) is 3.20. The van der Waals surface area contributed by atoms with Crippen LogP contribution < -0.4 is 0 Å². The number of carbonyl (C=O) groups excluding carboxylic acids is 1. The van der Waals surface area contributed by atoms with E-state index in [0.717, 1.165) is 30.8 Å². The Balaban J connectivity index is 1.64. The monoisotopic (exact) mass is 367 g/mol. The van der Waals surface area contributed by atoms with Gasteiger partial charge in [-0.05, 0) is 62.4 Å². The molecule has 0 aliphatic carbocycles. The van der Waals surface area contributed by atoms with E-state index < -0.39 is 0 Å². The molecule has 0 amide bonds. The molecule has 1 atom stereocenters. The molecule has 0 spiro atoms. The molecule has 0 bridgehead atoms. The molecule has 5 nitrogen and oxygen atoms in total. The van der Waals surface area contributed by atoms with Gasteiger partial charge in [0, 0.05) is 31.4 Å². The number of hydrogen-bond acceptors (Lipinski definition) is 4. The number of hydrogen-bond donors (Lipinski definition) is 0. The van der Waals surface area contributed by atoms with Crippen LogP contribution in [0.2, 0.25) is 0 Å². The van der Waals surface area contributed by atoms with Crippen molar-refractivity contribution >= 4 is 12.0 Å². The molecule has 3 rings (SSSR count). The Morgan fingerprint density at radius 3 is 2.67 bits per heavy atom. The molecule has 0 unspecified atom stereocenters. The highest BCUT2D eigenvalue weighted by Gasteiger charge is 2.26. The fourth-order valence-electron chi connectivity index (χ4n) is 3.88. The topological polar surface area (TPSA) is 47.4 Å². The lowest BCUT2D eigenvalue weighted by atomic mass is 10.0. The number of esters is 1. The van der Waals surface area contributed by atoms with E-state index in [9.17, 15) is 4.79 Å². The zero-order chi connectivity index (χ0) is 19.4. The quantitative estimate of drug-likeness (QED) is 0.580.